The van der Waals surface area contributed by atoms with Gasteiger partial charge in [-0.25, -0.2) is 30.2 Å². The fraction of sp³-hybridized carbons (Fsp3) is 0.593. The van der Waals surface area contributed by atoms with Crippen molar-refractivity contribution in [2.75, 3.05) is 39.8 Å². The molecule has 3 unspecified atom stereocenters. The van der Waals surface area contributed by atoms with E-state index in [-0.39, 0.29) is 18.1 Å². The van der Waals surface area contributed by atoms with Gasteiger partial charge in [-0.2, -0.15) is 0 Å². The second-order valence-electron chi connectivity index (χ2n) is 10.8. The van der Waals surface area contributed by atoms with Gasteiger partial charge in [0.2, 0.25) is 0 Å². The number of carbonyl (C=O) groups is 1. The van der Waals surface area contributed by atoms with Gasteiger partial charge in [-0.3, -0.25) is 19.5 Å². The minimum absolute atomic E-state index is 0.142. The lowest BCUT2D eigenvalue weighted by atomic mass is 9.60. The van der Waals surface area contributed by atoms with Crippen molar-refractivity contribution in [3.05, 3.63) is 60.5 Å². The molecule has 3 saturated heterocycles. The van der Waals surface area contributed by atoms with Crippen molar-refractivity contribution >= 4 is 6.03 Å². The minimum Gasteiger partial charge on any atom is -0.377 e. The molecule has 3 fully saturated rings. The van der Waals surface area contributed by atoms with Crippen LogP contribution in [0.2, 0.25) is 0 Å². The number of hydroxylamine groups is 1. The Morgan fingerprint density at radius 2 is 1.46 bits per heavy atom. The number of nitrogens with one attached hydrogen (secondary N) is 1. The molecule has 14 nitrogen and oxygen atoms in total. The van der Waals surface area contributed by atoms with Gasteiger partial charge in [0.15, 0.2) is 29.2 Å². The predicted molar refractivity (Wildman–Crippen MR) is 143 cm³/mol. The van der Waals surface area contributed by atoms with Crippen LogP contribution in [0, 0.1) is 0 Å². The van der Waals surface area contributed by atoms with Gasteiger partial charge in [-0.05, 0) is 57.3 Å². The third kappa shape index (κ3) is 4.11. The lowest BCUT2D eigenvalue weighted by molar-refractivity contribution is -0.296. The Labute approximate surface area is 238 Å². The average molecular weight is 565 g/mol. The van der Waals surface area contributed by atoms with Gasteiger partial charge in [0.05, 0.1) is 7.11 Å². The molecule has 3 aromatic heterocycles. The normalized spacial score (nSPS) is 29.8. The molecule has 6 rings (SSSR count). The zero-order valence-electron chi connectivity index (χ0n) is 23.2. The van der Waals surface area contributed by atoms with Crippen molar-refractivity contribution in [3.63, 3.8) is 0 Å². The maximum absolute atomic E-state index is 14.0. The number of carbonyl (C=O) groups excluding carboxylic acids is 1. The highest BCUT2D eigenvalue weighted by Gasteiger charge is 2.77. The first-order valence-corrected chi connectivity index (χ1v) is 14.3. The molecule has 41 heavy (non-hydrogen) atoms. The molecule has 0 aliphatic carbocycles. The van der Waals surface area contributed by atoms with E-state index in [1.165, 1.54) is 13.4 Å². The maximum atomic E-state index is 14.0. The molecule has 2 amide bonds. The van der Waals surface area contributed by atoms with E-state index in [2.05, 4.69) is 25.6 Å². The van der Waals surface area contributed by atoms with Crippen LogP contribution in [0.4, 0.5) is 4.79 Å². The van der Waals surface area contributed by atoms with Crippen LogP contribution < -0.4 is 5.48 Å². The first-order chi connectivity index (χ1) is 20.1. The van der Waals surface area contributed by atoms with Gasteiger partial charge >= 0.3 is 6.03 Å². The molecular weight excluding hydrogens is 528 g/mol. The summed E-state index contributed by atoms with van der Waals surface area (Å²) >= 11 is 0. The number of piperidine rings is 3. The van der Waals surface area contributed by atoms with Gasteiger partial charge in [-0.15, -0.1) is 5.10 Å². The number of hydrogen-bond acceptors (Lipinski definition) is 12. The zero-order valence-corrected chi connectivity index (χ0v) is 23.2. The number of aromatic nitrogens is 6. The van der Waals surface area contributed by atoms with Crippen LogP contribution >= 0.6 is 0 Å². The highest BCUT2D eigenvalue weighted by Crippen LogP contribution is 2.61. The summed E-state index contributed by atoms with van der Waals surface area (Å²) in [5.74, 6) is 0.673. The Hall–Kier alpha value is -3.59. The fourth-order valence-corrected chi connectivity index (χ4v) is 7.31. The minimum atomic E-state index is -2.05. The predicted octanol–water partition coefficient (Wildman–Crippen LogP) is 1.53. The molecule has 0 spiro atoms. The number of aliphatic hydroxyl groups is 1. The number of hydrogen-bond donors (Lipinski definition) is 2. The largest absolute Gasteiger partial charge is 0.377 e. The first-order valence-electron chi connectivity index (χ1n) is 14.3. The maximum Gasteiger partial charge on any atom is 0.343 e. The second kappa shape index (κ2) is 11.4. The molecule has 3 atom stereocenters. The number of urea groups is 1. The van der Waals surface area contributed by atoms with Crippen LogP contribution in [-0.2, 0) is 21.6 Å². The van der Waals surface area contributed by atoms with Crippen LogP contribution in [0.3, 0.4) is 0 Å². The first kappa shape index (κ1) is 27.6. The van der Waals surface area contributed by atoms with Crippen LogP contribution in [0.1, 0.15) is 62.3 Å². The molecule has 14 heteroatoms. The van der Waals surface area contributed by atoms with Crippen molar-refractivity contribution in [2.45, 2.75) is 61.7 Å². The van der Waals surface area contributed by atoms with E-state index in [1.54, 1.807) is 41.8 Å². The van der Waals surface area contributed by atoms with Gasteiger partial charge in [0.1, 0.15) is 11.2 Å². The van der Waals surface area contributed by atoms with Crippen LogP contribution in [0.15, 0.2) is 47.7 Å². The average Bonchev–Trinajstić information content (AvgIpc) is 3.59. The van der Waals surface area contributed by atoms with E-state index in [1.807, 2.05) is 0 Å². The number of rotatable bonds is 6. The van der Waals surface area contributed by atoms with Gasteiger partial charge in [0, 0.05) is 49.7 Å². The van der Waals surface area contributed by atoms with E-state index >= 15 is 0 Å². The summed E-state index contributed by atoms with van der Waals surface area (Å²) in [4.78, 5) is 44.1. The second-order valence-corrected chi connectivity index (χ2v) is 10.8. The van der Waals surface area contributed by atoms with Crippen LogP contribution in [0.5, 0.6) is 0 Å². The van der Waals surface area contributed by atoms with E-state index in [9.17, 15) is 9.90 Å². The van der Waals surface area contributed by atoms with Crippen molar-refractivity contribution in [1.29, 1.82) is 0 Å². The van der Waals surface area contributed by atoms with Crippen LogP contribution in [-0.4, -0.2) is 96.0 Å². The monoisotopic (exact) mass is 564 g/mol. The molecule has 0 aromatic carbocycles. The van der Waals surface area contributed by atoms with Crippen molar-refractivity contribution in [3.8, 4) is 0 Å². The standard InChI is InChI=1S/C27H36N10O4/c1-40-33-24(38)37-19-10-25(22-28-11-8-12-29-22,35-15-4-2-5-16-35)26(39,21-20-41-34-32-21)27(37,23-30-13-9-14-31-23)36-17-6-3-7-18-36/h8-9,11-14,20,39H,2-7,10,15-19H2,1H3,(H,33,38). The molecule has 2 N–H and O–H groups in total. The molecule has 218 valence electrons. The molecule has 3 aromatic rings. The highest BCUT2D eigenvalue weighted by atomic mass is 16.6. The van der Waals surface area contributed by atoms with Crippen molar-refractivity contribution in [1.82, 2.24) is 50.5 Å². The topological polar surface area (TPSA) is 159 Å². The Bertz CT molecular complexity index is 1290. The van der Waals surface area contributed by atoms with E-state index in [0.717, 1.165) is 38.5 Å². The molecule has 0 saturated carbocycles. The summed E-state index contributed by atoms with van der Waals surface area (Å²) in [5.41, 5.74) is -2.35. The molecule has 0 radical (unpaired) electrons. The van der Waals surface area contributed by atoms with E-state index in [4.69, 9.17) is 29.3 Å². The summed E-state index contributed by atoms with van der Waals surface area (Å²) in [6, 6.07) is 2.93. The van der Waals surface area contributed by atoms with Crippen LogP contribution in [0.25, 0.3) is 0 Å². The summed E-state index contributed by atoms with van der Waals surface area (Å²) in [5, 5.41) is 22.2. The quantitative estimate of drug-likeness (QED) is 0.417. The molecule has 3 aliphatic rings. The van der Waals surface area contributed by atoms with Gasteiger partial charge < -0.3 is 9.63 Å². The molecule has 3 aliphatic heterocycles. The molecule has 6 heterocycles. The lowest BCUT2D eigenvalue weighted by Crippen LogP contribution is -2.82. The Balaban J connectivity index is 1.75. The summed E-state index contributed by atoms with van der Waals surface area (Å²) < 4.78 is 5.33. The smallest absolute Gasteiger partial charge is 0.343 e. The Morgan fingerprint density at radius 1 is 0.878 bits per heavy atom. The summed E-state index contributed by atoms with van der Waals surface area (Å²) in [6.07, 6.45) is 13.9. The van der Waals surface area contributed by atoms with E-state index < -0.39 is 22.8 Å². The highest BCUT2D eigenvalue weighted by molar-refractivity contribution is 5.75. The molecular formula is C27H36N10O4. The third-order valence-electron chi connectivity index (χ3n) is 8.88. The Kier molecular flexibility index (Phi) is 7.64. The van der Waals surface area contributed by atoms with Gasteiger partial charge in [0.25, 0.3) is 0 Å². The fourth-order valence-electron chi connectivity index (χ4n) is 7.31. The number of nitrogens with zero attached hydrogens (tertiary/aromatic N) is 9. The van der Waals surface area contributed by atoms with Crippen molar-refractivity contribution in [2.24, 2.45) is 0 Å². The molecule has 0 bridgehead atoms. The van der Waals surface area contributed by atoms with E-state index in [0.29, 0.717) is 38.4 Å². The van der Waals surface area contributed by atoms with Crippen molar-refractivity contribution < 1.29 is 19.3 Å². The third-order valence-corrected chi connectivity index (χ3v) is 8.88. The summed E-state index contributed by atoms with van der Waals surface area (Å²) in [6.45, 7) is 2.76. The zero-order chi connectivity index (χ0) is 28.3. The number of likely N-dealkylation sites (tertiary alicyclic amines) is 3. The number of amides is 2. The van der Waals surface area contributed by atoms with Gasteiger partial charge in [-0.1, -0.05) is 12.8 Å². The lowest BCUT2D eigenvalue weighted by Gasteiger charge is -2.67. The Morgan fingerprint density at radius 3 is 2.02 bits per heavy atom. The SMILES string of the molecule is CONC(=O)N1CCC(c2ncccn2)(N2CCCCC2)C(O)(c2conn2)C1(c1ncccn1)N1CCCCC1. The summed E-state index contributed by atoms with van der Waals surface area (Å²) in [7, 11) is 1.38.